The first-order valence-corrected chi connectivity index (χ1v) is 9.64. The lowest BCUT2D eigenvalue weighted by atomic mass is 10.1. The summed E-state index contributed by atoms with van der Waals surface area (Å²) in [6.45, 7) is 6.28. The highest BCUT2D eigenvalue weighted by Crippen LogP contribution is 2.24. The minimum atomic E-state index is -0.917. The van der Waals surface area contributed by atoms with Gasteiger partial charge in [-0.15, -0.1) is 0 Å². The van der Waals surface area contributed by atoms with Crippen LogP contribution in [0.25, 0.3) is 11.5 Å². The van der Waals surface area contributed by atoms with E-state index in [0.717, 1.165) is 34.8 Å². The van der Waals surface area contributed by atoms with E-state index in [2.05, 4.69) is 15.4 Å². The van der Waals surface area contributed by atoms with E-state index < -0.39 is 17.5 Å². The molecule has 0 aliphatic carbocycles. The number of hydrogen-bond donors (Lipinski definition) is 1. The van der Waals surface area contributed by atoms with E-state index in [0.29, 0.717) is 29.9 Å². The normalized spacial score (nSPS) is 11.0. The van der Waals surface area contributed by atoms with Crippen molar-refractivity contribution >= 4 is 11.6 Å². The number of anilines is 1. The van der Waals surface area contributed by atoms with Crippen LogP contribution in [-0.2, 0) is 6.54 Å². The first-order chi connectivity index (χ1) is 14.8. The Kier molecular flexibility index (Phi) is 5.37. The van der Waals surface area contributed by atoms with Crippen LogP contribution in [-0.4, -0.2) is 20.7 Å². The van der Waals surface area contributed by atoms with Crippen molar-refractivity contribution in [1.82, 2.24) is 14.8 Å². The van der Waals surface area contributed by atoms with Gasteiger partial charge in [0.15, 0.2) is 0 Å². The Morgan fingerprint density at radius 2 is 1.81 bits per heavy atom. The maximum atomic E-state index is 13.8. The third-order valence-electron chi connectivity index (χ3n) is 4.86. The highest BCUT2D eigenvalue weighted by atomic mass is 19.1. The molecule has 0 saturated heterocycles. The van der Waals surface area contributed by atoms with Crippen LogP contribution in [0, 0.1) is 32.4 Å². The highest BCUT2D eigenvalue weighted by molar-refractivity contribution is 6.04. The van der Waals surface area contributed by atoms with Gasteiger partial charge in [-0.05, 0) is 63.2 Å². The smallest absolute Gasteiger partial charge is 0.258 e. The predicted molar refractivity (Wildman–Crippen MR) is 112 cm³/mol. The number of rotatable bonds is 5. The molecule has 31 heavy (non-hydrogen) atoms. The first-order valence-electron chi connectivity index (χ1n) is 9.64. The van der Waals surface area contributed by atoms with Gasteiger partial charge in [-0.25, -0.2) is 13.8 Å². The van der Waals surface area contributed by atoms with Crippen molar-refractivity contribution in [2.75, 3.05) is 5.32 Å². The third kappa shape index (κ3) is 4.37. The van der Waals surface area contributed by atoms with Crippen molar-refractivity contribution in [1.29, 1.82) is 0 Å². The van der Waals surface area contributed by atoms with Crippen LogP contribution in [0.4, 0.5) is 14.5 Å². The van der Waals surface area contributed by atoms with Crippen LogP contribution < -0.4 is 5.32 Å². The molecule has 0 aliphatic heterocycles. The zero-order valence-corrected chi connectivity index (χ0v) is 17.2. The molecule has 1 N–H and O–H groups in total. The van der Waals surface area contributed by atoms with Gasteiger partial charge in [0, 0.05) is 23.0 Å². The standard InChI is InChI=1S/C23H20F2N4O2/c1-13-10-14(2)29(28-13)12-21-15(3)31-23(27-21)16-4-7-18(8-5-16)26-22(30)19-9-6-17(24)11-20(19)25/h4-11H,12H2,1-3H3,(H,26,30). The van der Waals surface area contributed by atoms with Crippen LogP contribution in [0.1, 0.15) is 33.2 Å². The Bertz CT molecular complexity index is 1260. The summed E-state index contributed by atoms with van der Waals surface area (Å²) in [6.07, 6.45) is 0. The van der Waals surface area contributed by atoms with E-state index in [1.165, 1.54) is 0 Å². The maximum absolute atomic E-state index is 13.8. The molecule has 2 aromatic heterocycles. The van der Waals surface area contributed by atoms with Crippen LogP contribution in [0.2, 0.25) is 0 Å². The highest BCUT2D eigenvalue weighted by Gasteiger charge is 2.15. The van der Waals surface area contributed by atoms with Gasteiger partial charge in [-0.2, -0.15) is 5.10 Å². The number of benzene rings is 2. The van der Waals surface area contributed by atoms with Crippen LogP contribution in [0.15, 0.2) is 52.9 Å². The molecule has 0 fully saturated rings. The predicted octanol–water partition coefficient (Wildman–Crippen LogP) is 5.04. The number of hydrogen-bond acceptors (Lipinski definition) is 4. The summed E-state index contributed by atoms with van der Waals surface area (Å²) < 4.78 is 34.5. The number of aromatic nitrogens is 3. The molecule has 0 aliphatic rings. The fourth-order valence-corrected chi connectivity index (χ4v) is 3.24. The number of aryl methyl sites for hydroxylation is 3. The van der Waals surface area contributed by atoms with E-state index in [1.54, 1.807) is 24.3 Å². The summed E-state index contributed by atoms with van der Waals surface area (Å²) in [5.41, 5.74) is 3.72. The van der Waals surface area contributed by atoms with Crippen molar-refractivity contribution in [2.24, 2.45) is 0 Å². The molecule has 4 aromatic rings. The molecular weight excluding hydrogens is 402 g/mol. The van der Waals surface area contributed by atoms with Gasteiger partial charge in [-0.1, -0.05) is 0 Å². The SMILES string of the molecule is Cc1cc(C)n(Cc2nc(-c3ccc(NC(=O)c4ccc(F)cc4F)cc3)oc2C)n1. The van der Waals surface area contributed by atoms with Crippen molar-refractivity contribution in [3.63, 3.8) is 0 Å². The lowest BCUT2D eigenvalue weighted by Crippen LogP contribution is -2.13. The molecule has 158 valence electrons. The summed E-state index contributed by atoms with van der Waals surface area (Å²) >= 11 is 0. The molecule has 1 amide bonds. The molecular formula is C23H20F2N4O2. The number of amides is 1. The summed E-state index contributed by atoms with van der Waals surface area (Å²) in [7, 11) is 0. The Balaban J connectivity index is 1.49. The summed E-state index contributed by atoms with van der Waals surface area (Å²) in [5.74, 6) is -1.16. The minimum Gasteiger partial charge on any atom is -0.441 e. The van der Waals surface area contributed by atoms with Crippen molar-refractivity contribution in [3.05, 3.63) is 88.6 Å². The summed E-state index contributed by atoms with van der Waals surface area (Å²) in [5, 5.41) is 7.04. The monoisotopic (exact) mass is 422 g/mol. The molecule has 0 unspecified atom stereocenters. The van der Waals surface area contributed by atoms with Crippen molar-refractivity contribution < 1.29 is 18.0 Å². The molecule has 0 bridgehead atoms. The van der Waals surface area contributed by atoms with Crippen molar-refractivity contribution in [3.8, 4) is 11.5 Å². The van der Waals surface area contributed by atoms with E-state index in [-0.39, 0.29) is 5.56 Å². The lowest BCUT2D eigenvalue weighted by Gasteiger charge is -2.06. The van der Waals surface area contributed by atoms with E-state index in [9.17, 15) is 13.6 Å². The third-order valence-corrected chi connectivity index (χ3v) is 4.86. The van der Waals surface area contributed by atoms with Crippen LogP contribution in [0.3, 0.4) is 0 Å². The summed E-state index contributed by atoms with van der Waals surface area (Å²) in [4.78, 5) is 16.8. The molecule has 4 rings (SSSR count). The second kappa shape index (κ2) is 8.14. The fourth-order valence-electron chi connectivity index (χ4n) is 3.24. The number of nitrogens with zero attached hydrogens (tertiary/aromatic N) is 3. The lowest BCUT2D eigenvalue weighted by molar-refractivity contribution is 0.102. The Hall–Kier alpha value is -3.81. The molecule has 2 aromatic carbocycles. The van der Waals surface area contributed by atoms with Gasteiger partial charge < -0.3 is 9.73 Å². The largest absolute Gasteiger partial charge is 0.441 e. The molecule has 6 nitrogen and oxygen atoms in total. The van der Waals surface area contributed by atoms with Crippen LogP contribution >= 0.6 is 0 Å². The van der Waals surface area contributed by atoms with Gasteiger partial charge in [0.1, 0.15) is 23.1 Å². The number of halogens is 2. The second-order valence-corrected chi connectivity index (χ2v) is 7.26. The molecule has 8 heteroatoms. The zero-order valence-electron chi connectivity index (χ0n) is 17.2. The number of oxazole rings is 1. The van der Waals surface area contributed by atoms with Gasteiger partial charge in [0.25, 0.3) is 5.91 Å². The van der Waals surface area contributed by atoms with Crippen molar-refractivity contribution in [2.45, 2.75) is 27.3 Å². The Morgan fingerprint density at radius 3 is 2.45 bits per heavy atom. The summed E-state index contributed by atoms with van der Waals surface area (Å²) in [6, 6.07) is 11.6. The topological polar surface area (TPSA) is 73.0 Å². The Morgan fingerprint density at radius 1 is 1.06 bits per heavy atom. The Labute approximate surface area is 177 Å². The van der Waals surface area contributed by atoms with Gasteiger partial charge in [-0.3, -0.25) is 9.48 Å². The minimum absolute atomic E-state index is 0.234. The number of nitrogens with one attached hydrogen (secondary N) is 1. The molecule has 0 radical (unpaired) electrons. The van der Waals surface area contributed by atoms with Gasteiger partial charge in [0.05, 0.1) is 17.8 Å². The van der Waals surface area contributed by atoms with Gasteiger partial charge in [0.2, 0.25) is 5.89 Å². The molecule has 0 spiro atoms. The zero-order chi connectivity index (χ0) is 22.1. The van der Waals surface area contributed by atoms with Crippen LogP contribution in [0.5, 0.6) is 0 Å². The molecule has 0 saturated carbocycles. The maximum Gasteiger partial charge on any atom is 0.258 e. The van der Waals surface area contributed by atoms with E-state index >= 15 is 0 Å². The average molecular weight is 422 g/mol. The van der Waals surface area contributed by atoms with E-state index in [1.807, 2.05) is 31.5 Å². The van der Waals surface area contributed by atoms with Gasteiger partial charge >= 0.3 is 0 Å². The first kappa shape index (κ1) is 20.5. The number of carbonyl (C=O) groups is 1. The second-order valence-electron chi connectivity index (χ2n) is 7.26. The van der Waals surface area contributed by atoms with E-state index in [4.69, 9.17) is 4.42 Å². The fraction of sp³-hybridized carbons (Fsp3) is 0.174. The molecule has 0 atom stereocenters. The molecule has 2 heterocycles. The number of carbonyl (C=O) groups excluding carboxylic acids is 1. The quantitative estimate of drug-likeness (QED) is 0.489. The average Bonchev–Trinajstić information content (AvgIpc) is 3.23.